The lowest BCUT2D eigenvalue weighted by molar-refractivity contribution is 0.474. The normalized spacial score (nSPS) is 14.1. The Morgan fingerprint density at radius 2 is 1.13 bits per heavy atom. The van der Waals surface area contributed by atoms with Gasteiger partial charge in [-0.1, -0.05) is 91.9 Å². The molecule has 0 N–H and O–H groups in total. The van der Waals surface area contributed by atoms with E-state index in [4.69, 9.17) is 0 Å². The summed E-state index contributed by atoms with van der Waals surface area (Å²) in [6.07, 6.45) is 16.6. The van der Waals surface area contributed by atoms with Crippen molar-refractivity contribution in [1.29, 1.82) is 0 Å². The van der Waals surface area contributed by atoms with E-state index in [1.807, 2.05) is 11.3 Å². The van der Waals surface area contributed by atoms with E-state index in [0.29, 0.717) is 0 Å². The zero-order chi connectivity index (χ0) is 16.9. The molecule has 0 aliphatic rings. The molecule has 134 valence electrons. The maximum absolute atomic E-state index is 2.45. The first-order chi connectivity index (χ1) is 11.2. The molecule has 0 fully saturated rings. The van der Waals surface area contributed by atoms with Gasteiger partial charge in [-0.05, 0) is 46.6 Å². The third-order valence-electron chi connectivity index (χ3n) is 5.07. The van der Waals surface area contributed by atoms with Crippen LogP contribution in [0.4, 0.5) is 0 Å². The highest BCUT2D eigenvalue weighted by atomic mass is 32.1. The molecular weight excluding hydrogens is 296 g/mol. The van der Waals surface area contributed by atoms with Gasteiger partial charge in [0.05, 0.1) is 0 Å². The van der Waals surface area contributed by atoms with Crippen LogP contribution in [0.5, 0.6) is 0 Å². The first-order valence-corrected chi connectivity index (χ1v) is 11.2. The molecule has 1 heterocycles. The highest BCUT2D eigenvalue weighted by Crippen LogP contribution is 2.25. The smallest absolute Gasteiger partial charge is 0.00583 e. The second-order valence-electron chi connectivity index (χ2n) is 7.74. The van der Waals surface area contributed by atoms with Crippen LogP contribution in [-0.4, -0.2) is 0 Å². The molecule has 1 aromatic heterocycles. The van der Waals surface area contributed by atoms with Crippen LogP contribution >= 0.6 is 11.3 Å². The highest BCUT2D eigenvalue weighted by molar-refractivity contribution is 7.08. The van der Waals surface area contributed by atoms with Crippen LogP contribution in [0.2, 0.25) is 0 Å². The Hall–Kier alpha value is -0.300. The Morgan fingerprint density at radius 3 is 1.52 bits per heavy atom. The second-order valence-corrected chi connectivity index (χ2v) is 8.48. The van der Waals surface area contributed by atoms with Gasteiger partial charge in [-0.2, -0.15) is 11.3 Å². The Balaban J connectivity index is 2.31. The van der Waals surface area contributed by atoms with E-state index < -0.39 is 0 Å². The van der Waals surface area contributed by atoms with Crippen molar-refractivity contribution in [2.75, 3.05) is 0 Å². The molecule has 0 saturated carbocycles. The molecule has 23 heavy (non-hydrogen) atoms. The van der Waals surface area contributed by atoms with Crippen LogP contribution in [0.15, 0.2) is 10.8 Å². The van der Waals surface area contributed by atoms with Gasteiger partial charge >= 0.3 is 0 Å². The number of thiophene rings is 1. The van der Waals surface area contributed by atoms with Gasteiger partial charge in [0, 0.05) is 0 Å². The van der Waals surface area contributed by atoms with Gasteiger partial charge in [-0.3, -0.25) is 0 Å². The fraction of sp³-hybridized carbons (Fsp3) is 0.818. The first kappa shape index (κ1) is 20.7. The Kier molecular flexibility index (Phi) is 11.8. The van der Waals surface area contributed by atoms with Crippen LogP contribution in [0.25, 0.3) is 0 Å². The average molecular weight is 337 g/mol. The molecule has 0 aromatic carbocycles. The molecule has 2 atom stereocenters. The summed E-state index contributed by atoms with van der Waals surface area (Å²) in [7, 11) is 0. The van der Waals surface area contributed by atoms with E-state index in [1.54, 1.807) is 11.1 Å². The van der Waals surface area contributed by atoms with Gasteiger partial charge in [-0.15, -0.1) is 0 Å². The average Bonchev–Trinajstić information content (AvgIpc) is 2.95. The van der Waals surface area contributed by atoms with Crippen molar-refractivity contribution >= 4 is 11.3 Å². The largest absolute Gasteiger partial charge is 0.152 e. The lowest BCUT2D eigenvalue weighted by atomic mass is 9.90. The predicted molar refractivity (Wildman–Crippen MR) is 108 cm³/mol. The molecule has 0 radical (unpaired) electrons. The van der Waals surface area contributed by atoms with Crippen molar-refractivity contribution in [3.63, 3.8) is 0 Å². The van der Waals surface area contributed by atoms with Crippen LogP contribution in [0.1, 0.15) is 103 Å². The third kappa shape index (κ3) is 9.55. The third-order valence-corrected chi connectivity index (χ3v) is 5.91. The molecule has 0 saturated heterocycles. The van der Waals surface area contributed by atoms with E-state index in [0.717, 1.165) is 11.8 Å². The number of hydrogen-bond donors (Lipinski definition) is 0. The molecule has 0 unspecified atom stereocenters. The monoisotopic (exact) mass is 336 g/mol. The lowest BCUT2D eigenvalue weighted by Gasteiger charge is -2.15. The van der Waals surface area contributed by atoms with Gasteiger partial charge in [0.15, 0.2) is 0 Å². The summed E-state index contributed by atoms with van der Waals surface area (Å²) in [6, 6.07) is 0. The fourth-order valence-corrected chi connectivity index (χ4v) is 4.39. The first-order valence-electron chi connectivity index (χ1n) is 10.2. The molecule has 0 aliphatic carbocycles. The van der Waals surface area contributed by atoms with Crippen LogP contribution in [0.3, 0.4) is 0 Å². The molecule has 0 amide bonds. The number of rotatable bonds is 14. The van der Waals surface area contributed by atoms with Crippen molar-refractivity contribution in [1.82, 2.24) is 0 Å². The quantitative estimate of drug-likeness (QED) is 0.301. The van der Waals surface area contributed by atoms with Crippen molar-refractivity contribution in [2.24, 2.45) is 11.8 Å². The van der Waals surface area contributed by atoms with Crippen LogP contribution < -0.4 is 0 Å². The fourth-order valence-electron chi connectivity index (χ4n) is 3.50. The van der Waals surface area contributed by atoms with Gasteiger partial charge < -0.3 is 0 Å². The Bertz CT molecular complexity index is 345. The number of hydrogen-bond acceptors (Lipinski definition) is 1. The predicted octanol–water partition coefficient (Wildman–Crippen LogP) is 8.05. The van der Waals surface area contributed by atoms with Crippen molar-refractivity contribution in [2.45, 2.75) is 105 Å². The van der Waals surface area contributed by atoms with Crippen LogP contribution in [-0.2, 0) is 12.8 Å². The van der Waals surface area contributed by atoms with Gasteiger partial charge in [0.1, 0.15) is 0 Å². The SMILES string of the molecule is CCCCCC[C@H](C)Cc1cscc1C[C@@H](C)CCCCCC. The molecule has 0 nitrogen and oxygen atoms in total. The molecular formula is C22H40S. The summed E-state index contributed by atoms with van der Waals surface area (Å²) < 4.78 is 0. The molecule has 1 rings (SSSR count). The molecule has 1 heteroatoms. The summed E-state index contributed by atoms with van der Waals surface area (Å²) in [4.78, 5) is 0. The van der Waals surface area contributed by atoms with E-state index >= 15 is 0 Å². The van der Waals surface area contributed by atoms with E-state index in [9.17, 15) is 0 Å². The van der Waals surface area contributed by atoms with Gasteiger partial charge in [0.25, 0.3) is 0 Å². The minimum absolute atomic E-state index is 0.847. The second kappa shape index (κ2) is 13.0. The summed E-state index contributed by atoms with van der Waals surface area (Å²) in [5, 5.41) is 4.84. The zero-order valence-electron chi connectivity index (χ0n) is 16.2. The topological polar surface area (TPSA) is 0 Å². The van der Waals surface area contributed by atoms with Gasteiger partial charge in [0.2, 0.25) is 0 Å². The number of unbranched alkanes of at least 4 members (excludes halogenated alkanes) is 6. The highest BCUT2D eigenvalue weighted by Gasteiger charge is 2.12. The Morgan fingerprint density at radius 1 is 0.696 bits per heavy atom. The van der Waals surface area contributed by atoms with Crippen molar-refractivity contribution in [3.8, 4) is 0 Å². The zero-order valence-corrected chi connectivity index (χ0v) is 17.0. The molecule has 0 spiro atoms. The molecule has 0 bridgehead atoms. The van der Waals surface area contributed by atoms with Crippen molar-refractivity contribution in [3.05, 3.63) is 21.9 Å². The van der Waals surface area contributed by atoms with E-state index in [-0.39, 0.29) is 0 Å². The van der Waals surface area contributed by atoms with E-state index in [2.05, 4.69) is 38.5 Å². The summed E-state index contributed by atoms with van der Waals surface area (Å²) in [5.41, 5.74) is 3.30. The minimum Gasteiger partial charge on any atom is -0.152 e. The maximum atomic E-state index is 2.45. The van der Waals surface area contributed by atoms with Crippen LogP contribution in [0, 0.1) is 11.8 Å². The molecule has 0 aliphatic heterocycles. The van der Waals surface area contributed by atoms with Crippen molar-refractivity contribution < 1.29 is 0 Å². The molecule has 1 aromatic rings. The minimum atomic E-state index is 0.847. The van der Waals surface area contributed by atoms with Gasteiger partial charge in [-0.25, -0.2) is 0 Å². The summed E-state index contributed by atoms with van der Waals surface area (Å²) in [5.74, 6) is 1.69. The maximum Gasteiger partial charge on any atom is -0.00583 e. The summed E-state index contributed by atoms with van der Waals surface area (Å²) >= 11 is 1.91. The Labute approximate surface area is 150 Å². The van der Waals surface area contributed by atoms with E-state index in [1.165, 1.54) is 77.0 Å². The lowest BCUT2D eigenvalue weighted by Crippen LogP contribution is -2.05. The summed E-state index contributed by atoms with van der Waals surface area (Å²) in [6.45, 7) is 9.48. The standard InChI is InChI=1S/C22H40S/c1-5-7-9-11-13-19(3)15-21-17-23-18-22(21)16-20(4)14-12-10-8-6-2/h17-20H,5-16H2,1-4H3/t19-,20-/m0/s1.